The summed E-state index contributed by atoms with van der Waals surface area (Å²) in [5.74, 6) is -2.46. The molecule has 0 spiro atoms. The van der Waals surface area contributed by atoms with Gasteiger partial charge in [0.15, 0.2) is 0 Å². The van der Waals surface area contributed by atoms with Crippen LogP contribution in [0, 0.1) is 0 Å². The summed E-state index contributed by atoms with van der Waals surface area (Å²) in [5.41, 5.74) is 1.77. The molecule has 1 aromatic rings. The van der Waals surface area contributed by atoms with Gasteiger partial charge in [0, 0.05) is 12.8 Å². The van der Waals surface area contributed by atoms with Crippen molar-refractivity contribution in [2.45, 2.75) is 31.3 Å². The molecule has 2 rings (SSSR count). The van der Waals surface area contributed by atoms with Gasteiger partial charge in [0.1, 0.15) is 0 Å². The van der Waals surface area contributed by atoms with E-state index in [-0.39, 0.29) is 25.4 Å². The largest absolute Gasteiger partial charge is 0.392 e. The zero-order valence-corrected chi connectivity index (χ0v) is 7.71. The van der Waals surface area contributed by atoms with Gasteiger partial charge in [-0.05, 0) is 17.0 Å². The summed E-state index contributed by atoms with van der Waals surface area (Å²) >= 11 is 0. The highest BCUT2D eigenvalue weighted by molar-refractivity contribution is 5.27. The second-order valence-electron chi connectivity index (χ2n) is 3.86. The summed E-state index contributed by atoms with van der Waals surface area (Å²) in [4.78, 5) is 0. The Labute approximate surface area is 81.4 Å². The van der Waals surface area contributed by atoms with Gasteiger partial charge in [-0.25, -0.2) is 8.78 Å². The van der Waals surface area contributed by atoms with Crippen LogP contribution in [0.5, 0.6) is 0 Å². The molecule has 0 aromatic heterocycles. The van der Waals surface area contributed by atoms with Crippen molar-refractivity contribution >= 4 is 0 Å². The number of halogens is 2. The molecule has 0 aliphatic heterocycles. The molecular formula is C11H12F2O. The fourth-order valence-electron chi connectivity index (χ4n) is 1.79. The number of benzene rings is 1. The maximum atomic E-state index is 12.6. The molecule has 0 amide bonds. The SMILES string of the molecule is OCc1ccc(C2CC(F)(F)C2)cc1. The Morgan fingerprint density at radius 1 is 1.21 bits per heavy atom. The van der Waals surface area contributed by atoms with E-state index < -0.39 is 5.92 Å². The quantitative estimate of drug-likeness (QED) is 0.774. The Hall–Kier alpha value is -0.960. The molecule has 1 nitrogen and oxygen atoms in total. The number of aliphatic hydroxyl groups excluding tert-OH is 1. The molecular weight excluding hydrogens is 186 g/mol. The molecule has 0 bridgehead atoms. The van der Waals surface area contributed by atoms with Gasteiger partial charge in [0.2, 0.25) is 5.92 Å². The van der Waals surface area contributed by atoms with Crippen LogP contribution in [-0.4, -0.2) is 11.0 Å². The third-order valence-electron chi connectivity index (χ3n) is 2.72. The van der Waals surface area contributed by atoms with Crippen molar-refractivity contribution < 1.29 is 13.9 Å². The van der Waals surface area contributed by atoms with Gasteiger partial charge >= 0.3 is 0 Å². The Balaban J connectivity index is 2.05. The second-order valence-corrected chi connectivity index (χ2v) is 3.86. The minimum Gasteiger partial charge on any atom is -0.392 e. The van der Waals surface area contributed by atoms with Crippen LogP contribution in [0.25, 0.3) is 0 Å². The zero-order valence-electron chi connectivity index (χ0n) is 7.71. The van der Waals surface area contributed by atoms with Gasteiger partial charge in [0.25, 0.3) is 0 Å². The molecule has 3 heteroatoms. The Kier molecular flexibility index (Phi) is 2.27. The lowest BCUT2D eigenvalue weighted by Gasteiger charge is -2.35. The third kappa shape index (κ3) is 1.77. The van der Waals surface area contributed by atoms with E-state index in [4.69, 9.17) is 5.11 Å². The van der Waals surface area contributed by atoms with Gasteiger partial charge in [-0.1, -0.05) is 24.3 Å². The minimum absolute atomic E-state index is 0.00110. The molecule has 0 saturated heterocycles. The maximum Gasteiger partial charge on any atom is 0.249 e. The molecule has 14 heavy (non-hydrogen) atoms. The van der Waals surface area contributed by atoms with Crippen molar-refractivity contribution in [3.63, 3.8) is 0 Å². The topological polar surface area (TPSA) is 20.2 Å². The molecule has 1 aliphatic rings. The predicted octanol–water partition coefficient (Wildman–Crippen LogP) is 2.69. The van der Waals surface area contributed by atoms with Gasteiger partial charge < -0.3 is 5.11 Å². The van der Waals surface area contributed by atoms with Crippen LogP contribution in [0.2, 0.25) is 0 Å². The molecule has 1 N–H and O–H groups in total. The zero-order chi connectivity index (χ0) is 10.2. The van der Waals surface area contributed by atoms with E-state index in [0.717, 1.165) is 11.1 Å². The molecule has 0 heterocycles. The summed E-state index contributed by atoms with van der Waals surface area (Å²) in [5, 5.41) is 8.80. The summed E-state index contributed by atoms with van der Waals surface area (Å²) in [6.07, 6.45) is -0.0725. The molecule has 1 aromatic carbocycles. The van der Waals surface area contributed by atoms with E-state index in [2.05, 4.69) is 0 Å². The van der Waals surface area contributed by atoms with Crippen LogP contribution in [0.1, 0.15) is 29.9 Å². The third-order valence-corrected chi connectivity index (χ3v) is 2.72. The Morgan fingerprint density at radius 2 is 1.79 bits per heavy atom. The van der Waals surface area contributed by atoms with E-state index in [1.165, 1.54) is 0 Å². The van der Waals surface area contributed by atoms with Crippen LogP contribution in [0.4, 0.5) is 8.78 Å². The highest BCUT2D eigenvalue weighted by Gasteiger charge is 2.45. The number of alkyl halides is 2. The van der Waals surface area contributed by atoms with Crippen molar-refractivity contribution in [3.8, 4) is 0 Å². The fourth-order valence-corrected chi connectivity index (χ4v) is 1.79. The van der Waals surface area contributed by atoms with E-state index in [1.807, 2.05) is 12.1 Å². The molecule has 76 valence electrons. The maximum absolute atomic E-state index is 12.6. The monoisotopic (exact) mass is 198 g/mol. The first-order chi connectivity index (χ1) is 6.61. The lowest BCUT2D eigenvalue weighted by atomic mass is 9.76. The highest BCUT2D eigenvalue weighted by atomic mass is 19.3. The minimum atomic E-state index is -2.46. The molecule has 0 atom stereocenters. The van der Waals surface area contributed by atoms with Gasteiger partial charge in [0.05, 0.1) is 6.61 Å². The van der Waals surface area contributed by atoms with Crippen LogP contribution >= 0.6 is 0 Å². The highest BCUT2D eigenvalue weighted by Crippen LogP contribution is 2.48. The van der Waals surface area contributed by atoms with E-state index >= 15 is 0 Å². The van der Waals surface area contributed by atoms with E-state index in [0.29, 0.717) is 0 Å². The lowest BCUT2D eigenvalue weighted by Crippen LogP contribution is -2.33. The normalized spacial score (nSPS) is 20.5. The number of hydrogen-bond acceptors (Lipinski definition) is 1. The second kappa shape index (κ2) is 3.31. The Morgan fingerprint density at radius 3 is 2.21 bits per heavy atom. The standard InChI is InChI=1S/C11H12F2O/c12-11(13)5-10(6-11)9-3-1-8(7-14)2-4-9/h1-4,10,14H,5-7H2. The summed E-state index contributed by atoms with van der Waals surface area (Å²) in [6.45, 7) is 0.00110. The van der Waals surface area contributed by atoms with Crippen molar-refractivity contribution in [1.29, 1.82) is 0 Å². The molecule has 1 aliphatic carbocycles. The average Bonchev–Trinajstić information content (AvgIpc) is 2.14. The van der Waals surface area contributed by atoms with Gasteiger partial charge in [-0.15, -0.1) is 0 Å². The van der Waals surface area contributed by atoms with Crippen molar-refractivity contribution in [2.75, 3.05) is 0 Å². The summed E-state index contributed by atoms with van der Waals surface area (Å²) in [7, 11) is 0. The summed E-state index contributed by atoms with van der Waals surface area (Å²) < 4.78 is 25.2. The van der Waals surface area contributed by atoms with Crippen molar-refractivity contribution in [2.24, 2.45) is 0 Å². The predicted molar refractivity (Wildman–Crippen MR) is 49.3 cm³/mol. The van der Waals surface area contributed by atoms with E-state index in [1.54, 1.807) is 12.1 Å². The number of rotatable bonds is 2. The van der Waals surface area contributed by atoms with Crippen LogP contribution in [0.15, 0.2) is 24.3 Å². The molecule has 1 saturated carbocycles. The van der Waals surface area contributed by atoms with Crippen molar-refractivity contribution in [1.82, 2.24) is 0 Å². The Bertz CT molecular complexity index is 311. The van der Waals surface area contributed by atoms with Crippen LogP contribution in [-0.2, 0) is 6.61 Å². The van der Waals surface area contributed by atoms with Crippen molar-refractivity contribution in [3.05, 3.63) is 35.4 Å². The smallest absolute Gasteiger partial charge is 0.249 e. The van der Waals surface area contributed by atoms with Gasteiger partial charge in [-0.3, -0.25) is 0 Å². The molecule has 0 radical (unpaired) electrons. The first-order valence-electron chi connectivity index (χ1n) is 4.68. The van der Waals surface area contributed by atoms with Crippen LogP contribution in [0.3, 0.4) is 0 Å². The van der Waals surface area contributed by atoms with E-state index in [9.17, 15) is 8.78 Å². The molecule has 1 fully saturated rings. The number of aliphatic hydroxyl groups is 1. The average molecular weight is 198 g/mol. The number of hydrogen-bond donors (Lipinski definition) is 1. The fraction of sp³-hybridized carbons (Fsp3) is 0.455. The van der Waals surface area contributed by atoms with Crippen LogP contribution < -0.4 is 0 Å². The summed E-state index contributed by atoms with van der Waals surface area (Å²) in [6, 6.07) is 7.22. The molecule has 0 unspecified atom stereocenters. The van der Waals surface area contributed by atoms with Gasteiger partial charge in [-0.2, -0.15) is 0 Å². The first-order valence-corrected chi connectivity index (χ1v) is 4.68. The first kappa shape index (κ1) is 9.59. The lowest BCUT2D eigenvalue weighted by molar-refractivity contribution is -0.0867.